The minimum atomic E-state index is -0.281. The molecule has 1 saturated heterocycles. The van der Waals surface area contributed by atoms with Crippen molar-refractivity contribution in [2.24, 2.45) is 7.05 Å². The van der Waals surface area contributed by atoms with Crippen LogP contribution in [0.25, 0.3) is 10.9 Å². The lowest BCUT2D eigenvalue weighted by Gasteiger charge is -2.36. The highest BCUT2D eigenvalue weighted by atomic mass is 16.2. The number of carbonyl (C=O) groups excluding carboxylic acids is 1. The molecule has 172 valence electrons. The summed E-state index contributed by atoms with van der Waals surface area (Å²) in [6.45, 7) is 4.96. The van der Waals surface area contributed by atoms with Gasteiger partial charge in [0.1, 0.15) is 0 Å². The van der Waals surface area contributed by atoms with E-state index in [2.05, 4.69) is 45.4 Å². The molecule has 6 nitrogen and oxygen atoms in total. The van der Waals surface area contributed by atoms with Gasteiger partial charge in [0.25, 0.3) is 11.5 Å². The van der Waals surface area contributed by atoms with Crippen LogP contribution < -0.4 is 15.8 Å². The second-order valence-electron chi connectivity index (χ2n) is 8.72. The van der Waals surface area contributed by atoms with Gasteiger partial charge in [0.05, 0.1) is 11.1 Å². The number of amides is 1. The van der Waals surface area contributed by atoms with Gasteiger partial charge < -0.3 is 14.8 Å². The Hall–Kier alpha value is -3.90. The molecule has 5 rings (SSSR count). The molecule has 0 spiro atoms. The van der Waals surface area contributed by atoms with E-state index in [1.54, 1.807) is 11.6 Å². The van der Waals surface area contributed by atoms with Gasteiger partial charge in [-0.1, -0.05) is 48.5 Å². The number of hydrogen-bond donors (Lipinski definition) is 1. The molecule has 1 aliphatic heterocycles. The van der Waals surface area contributed by atoms with Gasteiger partial charge >= 0.3 is 0 Å². The molecule has 6 heteroatoms. The lowest BCUT2D eigenvalue weighted by Crippen LogP contribution is -2.45. The van der Waals surface area contributed by atoms with E-state index < -0.39 is 0 Å². The molecule has 0 atom stereocenters. The summed E-state index contributed by atoms with van der Waals surface area (Å²) in [5, 5.41) is 3.70. The van der Waals surface area contributed by atoms with E-state index in [1.165, 1.54) is 11.6 Å². The molecular weight excluding hydrogens is 424 g/mol. The summed E-state index contributed by atoms with van der Waals surface area (Å²) in [6.07, 6.45) is 0. The molecule has 2 heterocycles. The highest BCUT2D eigenvalue weighted by molar-refractivity contribution is 6.12. The Labute approximate surface area is 199 Å². The molecule has 34 heavy (non-hydrogen) atoms. The first-order valence-electron chi connectivity index (χ1n) is 11.6. The standard InChI is InChI=1S/C28H28N4O2/c1-30-26-10-6-5-9-24(26)25(19-27(30)33)28(34)29-22-11-13-23(14-12-22)32-17-15-31(16-18-32)20-21-7-3-2-4-8-21/h2-14,19H,15-18,20H2,1H3,(H,29,34). The predicted molar refractivity (Wildman–Crippen MR) is 138 cm³/mol. The topological polar surface area (TPSA) is 57.6 Å². The van der Waals surface area contributed by atoms with Crippen molar-refractivity contribution in [1.82, 2.24) is 9.47 Å². The Morgan fingerprint density at radius 2 is 1.53 bits per heavy atom. The monoisotopic (exact) mass is 452 g/mol. The number of para-hydroxylation sites is 1. The number of carbonyl (C=O) groups is 1. The molecule has 0 aliphatic carbocycles. The van der Waals surface area contributed by atoms with Crippen molar-refractivity contribution in [3.63, 3.8) is 0 Å². The number of aryl methyl sites for hydroxylation is 1. The smallest absolute Gasteiger partial charge is 0.256 e. The average Bonchev–Trinajstić information content (AvgIpc) is 2.88. The van der Waals surface area contributed by atoms with E-state index in [0.717, 1.165) is 49.3 Å². The maximum absolute atomic E-state index is 13.0. The molecule has 1 aliphatic rings. The van der Waals surface area contributed by atoms with Crippen molar-refractivity contribution < 1.29 is 4.79 Å². The highest BCUT2D eigenvalue weighted by Gasteiger charge is 2.18. The van der Waals surface area contributed by atoms with Crippen molar-refractivity contribution >= 4 is 28.2 Å². The largest absolute Gasteiger partial charge is 0.369 e. The maximum Gasteiger partial charge on any atom is 0.256 e. The van der Waals surface area contributed by atoms with Gasteiger partial charge in [-0.05, 0) is 35.9 Å². The van der Waals surface area contributed by atoms with E-state index in [9.17, 15) is 9.59 Å². The van der Waals surface area contributed by atoms with E-state index in [-0.39, 0.29) is 11.5 Å². The summed E-state index contributed by atoms with van der Waals surface area (Å²) >= 11 is 0. The normalized spacial score (nSPS) is 14.3. The van der Waals surface area contributed by atoms with Crippen LogP contribution in [-0.2, 0) is 13.6 Å². The van der Waals surface area contributed by atoms with Crippen LogP contribution in [0.3, 0.4) is 0 Å². The Morgan fingerprint density at radius 1 is 0.853 bits per heavy atom. The van der Waals surface area contributed by atoms with Crippen molar-refractivity contribution in [2.75, 3.05) is 36.4 Å². The van der Waals surface area contributed by atoms with Gasteiger partial charge in [0.15, 0.2) is 0 Å². The predicted octanol–water partition coefficient (Wildman–Crippen LogP) is 4.11. The second kappa shape index (κ2) is 9.53. The molecule has 4 aromatic rings. The Bertz CT molecular complexity index is 1360. The van der Waals surface area contributed by atoms with Crippen LogP contribution in [0.2, 0.25) is 0 Å². The molecule has 1 N–H and O–H groups in total. The van der Waals surface area contributed by atoms with E-state index >= 15 is 0 Å². The highest BCUT2D eigenvalue weighted by Crippen LogP contribution is 2.22. The molecule has 0 bridgehead atoms. The molecule has 0 unspecified atom stereocenters. The number of benzene rings is 3. The lowest BCUT2D eigenvalue weighted by atomic mass is 10.1. The van der Waals surface area contributed by atoms with E-state index in [4.69, 9.17) is 0 Å². The third-order valence-electron chi connectivity index (χ3n) is 6.51. The first kappa shape index (κ1) is 21.9. The summed E-state index contributed by atoms with van der Waals surface area (Å²) in [5.41, 5.74) is 4.13. The summed E-state index contributed by atoms with van der Waals surface area (Å²) in [6, 6.07) is 27.4. The molecule has 1 fully saturated rings. The van der Waals surface area contributed by atoms with Crippen LogP contribution in [0, 0.1) is 0 Å². The molecule has 0 radical (unpaired) electrons. The zero-order chi connectivity index (χ0) is 23.5. The second-order valence-corrected chi connectivity index (χ2v) is 8.72. The van der Waals surface area contributed by atoms with Crippen LogP contribution in [-0.4, -0.2) is 41.6 Å². The maximum atomic E-state index is 13.0. The van der Waals surface area contributed by atoms with E-state index in [1.807, 2.05) is 48.5 Å². The van der Waals surface area contributed by atoms with Gasteiger partial charge in [-0.3, -0.25) is 14.5 Å². The zero-order valence-electron chi connectivity index (χ0n) is 19.3. The number of nitrogens with zero attached hydrogens (tertiary/aromatic N) is 3. The fraction of sp³-hybridized carbons (Fsp3) is 0.214. The van der Waals surface area contributed by atoms with Gasteiger partial charge in [0.2, 0.25) is 0 Å². The van der Waals surface area contributed by atoms with Gasteiger partial charge in [-0.15, -0.1) is 0 Å². The van der Waals surface area contributed by atoms with Crippen LogP contribution in [0.5, 0.6) is 0 Å². The van der Waals surface area contributed by atoms with Gasteiger partial charge in [-0.25, -0.2) is 0 Å². The summed E-state index contributed by atoms with van der Waals surface area (Å²) in [5.74, 6) is -0.281. The molecule has 1 aromatic heterocycles. The van der Waals surface area contributed by atoms with Crippen LogP contribution in [0.1, 0.15) is 15.9 Å². The summed E-state index contributed by atoms with van der Waals surface area (Å²) < 4.78 is 1.56. The van der Waals surface area contributed by atoms with Crippen molar-refractivity contribution in [3.8, 4) is 0 Å². The quantitative estimate of drug-likeness (QED) is 0.495. The van der Waals surface area contributed by atoms with Crippen LogP contribution in [0.15, 0.2) is 89.7 Å². The number of nitrogens with one attached hydrogen (secondary N) is 1. The Morgan fingerprint density at radius 3 is 2.26 bits per heavy atom. The fourth-order valence-electron chi connectivity index (χ4n) is 4.56. The third kappa shape index (κ3) is 4.58. The van der Waals surface area contributed by atoms with Gasteiger partial charge in [0, 0.05) is 62.6 Å². The Kier molecular flexibility index (Phi) is 6.14. The van der Waals surface area contributed by atoms with E-state index in [0.29, 0.717) is 11.3 Å². The average molecular weight is 453 g/mol. The zero-order valence-corrected chi connectivity index (χ0v) is 19.3. The number of aromatic nitrogens is 1. The SMILES string of the molecule is Cn1c(=O)cc(C(=O)Nc2ccc(N3CCN(Cc4ccccc4)CC3)cc2)c2ccccc21. The van der Waals surface area contributed by atoms with Crippen molar-refractivity contribution in [3.05, 3.63) is 106 Å². The number of anilines is 2. The van der Waals surface area contributed by atoms with Crippen LogP contribution >= 0.6 is 0 Å². The van der Waals surface area contributed by atoms with Gasteiger partial charge in [-0.2, -0.15) is 0 Å². The first-order chi connectivity index (χ1) is 16.6. The number of piperazine rings is 1. The number of pyridine rings is 1. The molecule has 1 amide bonds. The molecular formula is C28H28N4O2. The van der Waals surface area contributed by atoms with Crippen LogP contribution in [0.4, 0.5) is 11.4 Å². The molecule has 3 aromatic carbocycles. The summed E-state index contributed by atoms with van der Waals surface area (Å²) in [4.78, 5) is 30.2. The number of fused-ring (bicyclic) bond motifs is 1. The minimum Gasteiger partial charge on any atom is -0.369 e. The first-order valence-corrected chi connectivity index (χ1v) is 11.6. The third-order valence-corrected chi connectivity index (χ3v) is 6.51. The number of rotatable bonds is 5. The Balaban J connectivity index is 1.23. The number of hydrogen-bond acceptors (Lipinski definition) is 4. The van der Waals surface area contributed by atoms with Crippen molar-refractivity contribution in [1.29, 1.82) is 0 Å². The lowest BCUT2D eigenvalue weighted by molar-refractivity contribution is 0.102. The fourth-order valence-corrected chi connectivity index (χ4v) is 4.56. The minimum absolute atomic E-state index is 0.203. The summed E-state index contributed by atoms with van der Waals surface area (Å²) in [7, 11) is 1.71. The van der Waals surface area contributed by atoms with Crippen molar-refractivity contribution in [2.45, 2.75) is 6.54 Å². The molecule has 0 saturated carbocycles.